The molecular formula is C18H16F2N4O. The molecule has 1 aromatic carbocycles. The molecule has 0 aliphatic heterocycles. The Kier molecular flexibility index (Phi) is 4.36. The highest BCUT2D eigenvalue weighted by atomic mass is 19.3. The van der Waals surface area contributed by atoms with Crippen LogP contribution in [0, 0.1) is 11.3 Å². The van der Waals surface area contributed by atoms with E-state index in [-0.39, 0.29) is 25.3 Å². The molecule has 1 aliphatic rings. The van der Waals surface area contributed by atoms with Gasteiger partial charge in [0.05, 0.1) is 25.2 Å². The number of benzene rings is 1. The van der Waals surface area contributed by atoms with E-state index in [0.717, 1.165) is 5.56 Å². The summed E-state index contributed by atoms with van der Waals surface area (Å²) in [4.78, 5) is 13.7. The molecule has 0 bridgehead atoms. The van der Waals surface area contributed by atoms with Crippen molar-refractivity contribution in [1.29, 1.82) is 5.26 Å². The molecule has 1 amide bonds. The number of halogens is 2. The van der Waals surface area contributed by atoms with Gasteiger partial charge in [-0.2, -0.15) is 10.4 Å². The third-order valence-electron chi connectivity index (χ3n) is 4.08. The first-order valence-electron chi connectivity index (χ1n) is 7.75. The van der Waals surface area contributed by atoms with Gasteiger partial charge >= 0.3 is 0 Å². The minimum Gasteiger partial charge on any atom is -0.304 e. The van der Waals surface area contributed by atoms with Crippen LogP contribution in [0.2, 0.25) is 0 Å². The predicted octanol–water partition coefficient (Wildman–Crippen LogP) is 3.25. The van der Waals surface area contributed by atoms with Crippen LogP contribution in [-0.2, 0) is 17.8 Å². The highest BCUT2D eigenvalue weighted by Crippen LogP contribution is 2.52. The number of rotatable bonds is 6. The molecule has 1 unspecified atom stereocenters. The summed E-state index contributed by atoms with van der Waals surface area (Å²) in [5.74, 6) is -3.01. The molecule has 1 atom stereocenters. The lowest BCUT2D eigenvalue weighted by Gasteiger charge is -2.21. The Morgan fingerprint density at radius 2 is 2.12 bits per heavy atom. The van der Waals surface area contributed by atoms with E-state index in [1.54, 1.807) is 30.5 Å². The van der Waals surface area contributed by atoms with Gasteiger partial charge in [0, 0.05) is 23.9 Å². The average Bonchev–Trinajstić information content (AvgIpc) is 3.02. The molecule has 7 heteroatoms. The summed E-state index contributed by atoms with van der Waals surface area (Å²) in [5.41, 5.74) is 2.14. The van der Waals surface area contributed by atoms with Crippen molar-refractivity contribution in [3.8, 4) is 6.07 Å². The summed E-state index contributed by atoms with van der Waals surface area (Å²) < 4.78 is 27.5. The largest absolute Gasteiger partial charge is 0.304 e. The number of nitrogens with zero attached hydrogens (tertiary/aromatic N) is 4. The van der Waals surface area contributed by atoms with Crippen LogP contribution in [0.1, 0.15) is 23.6 Å². The van der Waals surface area contributed by atoms with E-state index in [0.29, 0.717) is 11.3 Å². The second-order valence-corrected chi connectivity index (χ2v) is 5.94. The molecule has 2 aromatic rings. The van der Waals surface area contributed by atoms with Crippen molar-refractivity contribution in [3.05, 3.63) is 60.4 Å². The maximum atomic E-state index is 13.1. The van der Waals surface area contributed by atoms with Crippen molar-refractivity contribution in [2.75, 3.05) is 4.90 Å². The molecule has 1 heterocycles. The van der Waals surface area contributed by atoms with Gasteiger partial charge in [-0.3, -0.25) is 9.48 Å². The fraction of sp³-hybridized carbons (Fsp3) is 0.278. The van der Waals surface area contributed by atoms with Crippen LogP contribution in [0.3, 0.4) is 0 Å². The summed E-state index contributed by atoms with van der Waals surface area (Å²) in [6, 6.07) is 8.20. The number of carbonyl (C=O) groups excluding carboxylic acids is 1. The van der Waals surface area contributed by atoms with Gasteiger partial charge in [0.2, 0.25) is 0 Å². The highest BCUT2D eigenvalue weighted by Gasteiger charge is 2.59. The molecule has 0 spiro atoms. The molecule has 128 valence electrons. The summed E-state index contributed by atoms with van der Waals surface area (Å²) in [6.45, 7) is 3.70. The van der Waals surface area contributed by atoms with Gasteiger partial charge in [-0.05, 0) is 23.8 Å². The van der Waals surface area contributed by atoms with Crippen molar-refractivity contribution in [2.45, 2.75) is 31.4 Å². The first-order chi connectivity index (χ1) is 11.9. The standard InChI is InChI=1S/C18H16F2N4O/c1-2-17(25)23(15-5-3-13(4-6-15)7-8-21)11-14-10-22-24(12-14)16-9-18(16,19)20/h2-6,10,12,16H,1,7,9,11H2. The van der Waals surface area contributed by atoms with E-state index >= 15 is 0 Å². The smallest absolute Gasteiger partial charge is 0.272 e. The van der Waals surface area contributed by atoms with Gasteiger partial charge < -0.3 is 4.90 Å². The molecule has 25 heavy (non-hydrogen) atoms. The Hall–Kier alpha value is -3.01. The highest BCUT2D eigenvalue weighted by molar-refractivity contribution is 6.00. The number of hydrogen-bond acceptors (Lipinski definition) is 3. The van der Waals surface area contributed by atoms with E-state index in [9.17, 15) is 13.6 Å². The second kappa shape index (κ2) is 6.48. The normalized spacial score (nSPS) is 17.6. The monoisotopic (exact) mass is 342 g/mol. The van der Waals surface area contributed by atoms with Gasteiger partial charge in [0.25, 0.3) is 11.8 Å². The number of carbonyl (C=O) groups is 1. The van der Waals surface area contributed by atoms with E-state index in [4.69, 9.17) is 5.26 Å². The zero-order valence-electron chi connectivity index (χ0n) is 13.4. The topological polar surface area (TPSA) is 61.9 Å². The maximum Gasteiger partial charge on any atom is 0.272 e. The van der Waals surface area contributed by atoms with Gasteiger partial charge in [0.1, 0.15) is 6.04 Å². The molecule has 5 nitrogen and oxygen atoms in total. The lowest BCUT2D eigenvalue weighted by atomic mass is 10.1. The molecule has 1 fully saturated rings. The molecule has 0 saturated heterocycles. The summed E-state index contributed by atoms with van der Waals surface area (Å²) in [6.07, 6.45) is 4.31. The van der Waals surface area contributed by atoms with Crippen molar-refractivity contribution in [1.82, 2.24) is 9.78 Å². The Morgan fingerprint density at radius 1 is 1.44 bits per heavy atom. The molecular weight excluding hydrogens is 326 g/mol. The summed E-state index contributed by atoms with van der Waals surface area (Å²) in [7, 11) is 0. The maximum absolute atomic E-state index is 13.1. The molecule has 0 N–H and O–H groups in total. The third kappa shape index (κ3) is 3.58. The lowest BCUT2D eigenvalue weighted by Crippen LogP contribution is -2.28. The Balaban J connectivity index is 1.79. The number of alkyl halides is 2. The van der Waals surface area contributed by atoms with Gasteiger partial charge in [-0.15, -0.1) is 0 Å². The van der Waals surface area contributed by atoms with E-state index < -0.39 is 12.0 Å². The number of aromatic nitrogens is 2. The number of anilines is 1. The minimum absolute atomic E-state index is 0.195. The van der Waals surface area contributed by atoms with Crippen molar-refractivity contribution < 1.29 is 13.6 Å². The van der Waals surface area contributed by atoms with Crippen molar-refractivity contribution >= 4 is 11.6 Å². The molecule has 1 aliphatic carbocycles. The fourth-order valence-corrected chi connectivity index (χ4v) is 2.59. The molecule has 1 aromatic heterocycles. The molecule has 0 radical (unpaired) electrons. The molecule has 1 saturated carbocycles. The SMILES string of the molecule is C=CC(=O)N(Cc1cnn(C2CC2(F)F)c1)c1ccc(CC#N)cc1. The van der Waals surface area contributed by atoms with Crippen LogP contribution in [0.15, 0.2) is 49.3 Å². The van der Waals surface area contributed by atoms with E-state index in [1.807, 2.05) is 0 Å². The predicted molar refractivity (Wildman–Crippen MR) is 88.0 cm³/mol. The summed E-state index contributed by atoms with van der Waals surface area (Å²) >= 11 is 0. The van der Waals surface area contributed by atoms with Gasteiger partial charge in [-0.1, -0.05) is 18.7 Å². The van der Waals surface area contributed by atoms with Crippen LogP contribution in [0.4, 0.5) is 14.5 Å². The Bertz CT molecular complexity index is 836. The van der Waals surface area contributed by atoms with Crippen LogP contribution < -0.4 is 4.90 Å². The Morgan fingerprint density at radius 3 is 2.68 bits per heavy atom. The number of nitriles is 1. The minimum atomic E-state index is -2.70. The van der Waals surface area contributed by atoms with Crippen molar-refractivity contribution in [2.24, 2.45) is 0 Å². The summed E-state index contributed by atoms with van der Waals surface area (Å²) in [5, 5.41) is 12.7. The average molecular weight is 342 g/mol. The fourth-order valence-electron chi connectivity index (χ4n) is 2.59. The lowest BCUT2D eigenvalue weighted by molar-refractivity contribution is -0.114. The zero-order chi connectivity index (χ0) is 18.0. The molecule has 3 rings (SSSR count). The number of amides is 1. The Labute approximate surface area is 143 Å². The first kappa shape index (κ1) is 16.8. The zero-order valence-corrected chi connectivity index (χ0v) is 13.4. The van der Waals surface area contributed by atoms with Crippen LogP contribution >= 0.6 is 0 Å². The van der Waals surface area contributed by atoms with Crippen LogP contribution in [0.5, 0.6) is 0 Å². The van der Waals surface area contributed by atoms with E-state index in [2.05, 4.69) is 17.7 Å². The van der Waals surface area contributed by atoms with E-state index in [1.165, 1.54) is 21.9 Å². The van der Waals surface area contributed by atoms with Crippen LogP contribution in [-0.4, -0.2) is 21.6 Å². The van der Waals surface area contributed by atoms with Gasteiger partial charge in [0.15, 0.2) is 0 Å². The third-order valence-corrected chi connectivity index (χ3v) is 4.08. The van der Waals surface area contributed by atoms with Gasteiger partial charge in [-0.25, -0.2) is 8.78 Å². The van der Waals surface area contributed by atoms with Crippen molar-refractivity contribution in [3.63, 3.8) is 0 Å². The number of hydrogen-bond donors (Lipinski definition) is 0. The quantitative estimate of drug-likeness (QED) is 0.757. The van der Waals surface area contributed by atoms with Crippen LogP contribution in [0.25, 0.3) is 0 Å². The first-order valence-corrected chi connectivity index (χ1v) is 7.75. The second-order valence-electron chi connectivity index (χ2n) is 5.94.